The molecule has 4 aromatic heterocycles. The fourth-order valence-corrected chi connectivity index (χ4v) is 7.99. The summed E-state index contributed by atoms with van der Waals surface area (Å²) in [6.07, 6.45) is -0.689. The van der Waals surface area contributed by atoms with Crippen molar-refractivity contribution in [1.29, 1.82) is 0 Å². The second kappa shape index (κ2) is 16.6. The van der Waals surface area contributed by atoms with Gasteiger partial charge in [-0.1, -0.05) is 50.2 Å². The standard InChI is InChI=1S/C41H46N8O6S/c1-23(2)37(41(53)49-21-30(50)18-33(49)40(52)43-24(3)26-10-12-27(13-11-26)38-25(4)42-22-56-38)35-19-36(47-55-35)54-15-14-48(5)20-29-16-28-17-32(45-46-39(28)44-29)31-8-6-7-9-34(31)51/h6-13,16-17,19,22-24,30,33,37,50-51H,14-15,18,20-21H2,1-5H3,(H,43,52)(H,44,46)/t24-,30+,33-,37+/m0/s1. The number of para-hydroxylation sites is 1. The Hall–Kier alpha value is -5.64. The van der Waals surface area contributed by atoms with Crippen LogP contribution in [0.3, 0.4) is 0 Å². The minimum Gasteiger partial charge on any atom is -0.507 e. The molecular weight excluding hydrogens is 733 g/mol. The lowest BCUT2D eigenvalue weighted by molar-refractivity contribution is -0.141. The number of amides is 2. The van der Waals surface area contributed by atoms with E-state index in [2.05, 4.69) is 35.5 Å². The number of aryl methyl sites for hydroxylation is 1. The number of β-amino-alcohol motifs (C(OH)–C–C–N with tert-alkyl or cyclic N) is 1. The Balaban J connectivity index is 0.935. The number of benzene rings is 2. The molecule has 1 aliphatic heterocycles. The molecule has 56 heavy (non-hydrogen) atoms. The molecule has 1 fully saturated rings. The van der Waals surface area contributed by atoms with Crippen molar-refractivity contribution in [3.63, 3.8) is 0 Å². The van der Waals surface area contributed by atoms with Crippen molar-refractivity contribution in [3.8, 4) is 33.3 Å². The van der Waals surface area contributed by atoms with Crippen LogP contribution in [0.5, 0.6) is 11.6 Å². The molecule has 5 heterocycles. The number of likely N-dealkylation sites (tertiary alicyclic amines) is 1. The summed E-state index contributed by atoms with van der Waals surface area (Å²) in [5.41, 5.74) is 7.59. The van der Waals surface area contributed by atoms with E-state index in [1.807, 2.05) is 82.7 Å². The number of carbonyl (C=O) groups excluding carboxylic acids is 2. The maximum atomic E-state index is 14.1. The molecule has 0 saturated carbocycles. The number of aromatic amines is 1. The summed E-state index contributed by atoms with van der Waals surface area (Å²) in [6, 6.07) is 19.4. The molecule has 15 heteroatoms. The molecule has 0 spiro atoms. The topological polar surface area (TPSA) is 183 Å². The maximum Gasteiger partial charge on any atom is 0.254 e. The molecule has 14 nitrogen and oxygen atoms in total. The molecular formula is C41H46N8O6S. The van der Waals surface area contributed by atoms with Crippen LogP contribution in [0.25, 0.3) is 32.7 Å². The van der Waals surface area contributed by atoms with E-state index in [9.17, 15) is 19.8 Å². The van der Waals surface area contributed by atoms with Gasteiger partial charge in [0.15, 0.2) is 11.4 Å². The van der Waals surface area contributed by atoms with Crippen molar-refractivity contribution >= 4 is 34.2 Å². The summed E-state index contributed by atoms with van der Waals surface area (Å²) >= 11 is 1.59. The number of phenolic OH excluding ortho intramolecular Hbond substituents is 1. The number of fused-ring (bicyclic) bond motifs is 1. The van der Waals surface area contributed by atoms with E-state index in [0.717, 1.165) is 32.8 Å². The van der Waals surface area contributed by atoms with Crippen LogP contribution < -0.4 is 10.1 Å². The number of H-pyrrole nitrogens is 1. The van der Waals surface area contributed by atoms with Crippen molar-refractivity contribution in [2.45, 2.75) is 64.8 Å². The number of aliphatic hydroxyl groups is 1. The summed E-state index contributed by atoms with van der Waals surface area (Å²) in [5.74, 6) is -0.826. The van der Waals surface area contributed by atoms with E-state index >= 15 is 0 Å². The zero-order valence-corrected chi connectivity index (χ0v) is 32.8. The highest BCUT2D eigenvalue weighted by Gasteiger charge is 2.43. The van der Waals surface area contributed by atoms with Gasteiger partial charge < -0.3 is 34.7 Å². The van der Waals surface area contributed by atoms with Gasteiger partial charge >= 0.3 is 0 Å². The van der Waals surface area contributed by atoms with Crippen LogP contribution in [0.2, 0.25) is 0 Å². The molecule has 292 valence electrons. The number of thiazole rings is 1. The molecule has 7 rings (SSSR count). The van der Waals surface area contributed by atoms with Gasteiger partial charge in [-0.3, -0.25) is 14.5 Å². The van der Waals surface area contributed by atoms with Crippen molar-refractivity contribution < 1.29 is 29.1 Å². The first-order valence-corrected chi connectivity index (χ1v) is 19.5. The van der Waals surface area contributed by atoms with E-state index in [1.165, 1.54) is 4.90 Å². The monoisotopic (exact) mass is 778 g/mol. The smallest absolute Gasteiger partial charge is 0.254 e. The average molecular weight is 779 g/mol. The average Bonchev–Trinajstić information content (AvgIpc) is 3.98. The number of aliphatic hydroxyl groups excluding tert-OH is 1. The van der Waals surface area contributed by atoms with Crippen LogP contribution in [0.4, 0.5) is 0 Å². The number of likely N-dealkylation sites (N-methyl/N-ethyl adjacent to an activating group) is 1. The SMILES string of the molecule is Cc1ncsc1-c1ccc([C@H](C)NC(=O)[C@@H]2C[C@@H](O)CN2C(=O)[C@@H](c2cc(OCCN(C)Cc3cc4cc(-c5ccccc5O)nnc4[nH]3)no2)C(C)C)cc1. The predicted molar refractivity (Wildman–Crippen MR) is 212 cm³/mol. The lowest BCUT2D eigenvalue weighted by Crippen LogP contribution is -2.48. The quantitative estimate of drug-likeness (QED) is 0.104. The number of carbonyl (C=O) groups is 2. The van der Waals surface area contributed by atoms with E-state index in [4.69, 9.17) is 9.26 Å². The molecule has 0 bridgehead atoms. The number of aromatic hydroxyl groups is 1. The fourth-order valence-electron chi connectivity index (χ4n) is 7.17. The van der Waals surface area contributed by atoms with E-state index in [1.54, 1.807) is 35.6 Å². The number of hydrogen-bond acceptors (Lipinski definition) is 12. The maximum absolute atomic E-state index is 14.1. The third-order valence-corrected chi connectivity index (χ3v) is 11.1. The number of ether oxygens (including phenoxy) is 1. The van der Waals surface area contributed by atoms with Crippen LogP contribution in [0.15, 0.2) is 76.8 Å². The summed E-state index contributed by atoms with van der Waals surface area (Å²) in [5, 5.41) is 37.5. The summed E-state index contributed by atoms with van der Waals surface area (Å²) < 4.78 is 11.6. The van der Waals surface area contributed by atoms with Gasteiger partial charge in [0.05, 0.1) is 33.9 Å². The third-order valence-electron chi connectivity index (χ3n) is 10.2. The molecule has 0 unspecified atom stereocenters. The molecule has 4 atom stereocenters. The molecule has 1 aliphatic rings. The number of hydrogen-bond donors (Lipinski definition) is 4. The van der Waals surface area contributed by atoms with Gasteiger partial charge in [-0.25, -0.2) is 4.98 Å². The first-order valence-electron chi connectivity index (χ1n) is 18.7. The van der Waals surface area contributed by atoms with Gasteiger partial charge in [0, 0.05) is 48.8 Å². The summed E-state index contributed by atoms with van der Waals surface area (Å²) in [4.78, 5) is 40.0. The molecule has 0 aliphatic carbocycles. The highest BCUT2D eigenvalue weighted by Crippen LogP contribution is 2.34. The zero-order chi connectivity index (χ0) is 39.5. The lowest BCUT2D eigenvalue weighted by atomic mass is 9.91. The van der Waals surface area contributed by atoms with Crippen LogP contribution in [-0.2, 0) is 16.1 Å². The lowest BCUT2D eigenvalue weighted by Gasteiger charge is -2.29. The predicted octanol–water partition coefficient (Wildman–Crippen LogP) is 5.84. The number of nitrogens with zero attached hydrogens (tertiary/aromatic N) is 6. The Morgan fingerprint density at radius 1 is 1.11 bits per heavy atom. The van der Waals surface area contributed by atoms with Gasteiger partial charge in [0.1, 0.15) is 24.3 Å². The van der Waals surface area contributed by atoms with Gasteiger partial charge in [-0.2, -0.15) is 0 Å². The van der Waals surface area contributed by atoms with Crippen molar-refractivity contribution in [2.24, 2.45) is 5.92 Å². The molecule has 2 amide bonds. The van der Waals surface area contributed by atoms with Gasteiger partial charge in [-0.05, 0) is 67.4 Å². The van der Waals surface area contributed by atoms with Crippen molar-refractivity contribution in [3.05, 3.63) is 95.0 Å². The van der Waals surface area contributed by atoms with Gasteiger partial charge in [0.2, 0.25) is 11.8 Å². The molecule has 1 saturated heterocycles. The number of rotatable bonds is 14. The van der Waals surface area contributed by atoms with Crippen LogP contribution in [-0.4, -0.2) is 96.0 Å². The normalized spacial score (nSPS) is 16.8. The van der Waals surface area contributed by atoms with E-state index in [-0.39, 0.29) is 48.4 Å². The van der Waals surface area contributed by atoms with Crippen LogP contribution in [0.1, 0.15) is 61.9 Å². The van der Waals surface area contributed by atoms with Gasteiger partial charge in [-0.15, -0.1) is 21.5 Å². The molecule has 4 N–H and O–H groups in total. The minimum absolute atomic E-state index is 0.0436. The highest BCUT2D eigenvalue weighted by atomic mass is 32.1. The molecule has 6 aromatic rings. The first kappa shape index (κ1) is 38.6. The number of phenols is 1. The number of nitrogens with one attached hydrogen (secondary N) is 2. The third kappa shape index (κ3) is 8.44. The zero-order valence-electron chi connectivity index (χ0n) is 32.0. The summed E-state index contributed by atoms with van der Waals surface area (Å²) in [6.45, 7) is 9.21. The Bertz CT molecular complexity index is 2300. The number of aromatic nitrogens is 5. The Morgan fingerprint density at radius 2 is 1.89 bits per heavy atom. The second-order valence-corrected chi connectivity index (χ2v) is 15.6. The Morgan fingerprint density at radius 3 is 2.62 bits per heavy atom. The Labute approximate surface area is 328 Å². The largest absolute Gasteiger partial charge is 0.507 e. The molecule has 0 radical (unpaired) electrons. The van der Waals surface area contributed by atoms with E-state index in [0.29, 0.717) is 42.4 Å². The van der Waals surface area contributed by atoms with Crippen molar-refractivity contribution in [1.82, 2.24) is 40.4 Å². The Kier molecular flexibility index (Phi) is 11.5. The van der Waals surface area contributed by atoms with Crippen LogP contribution >= 0.6 is 11.3 Å². The minimum atomic E-state index is -0.835. The van der Waals surface area contributed by atoms with Crippen LogP contribution in [0, 0.1) is 12.8 Å². The first-order chi connectivity index (χ1) is 26.9. The highest BCUT2D eigenvalue weighted by molar-refractivity contribution is 7.13. The fraction of sp³-hybridized carbons (Fsp3) is 0.366. The molecule has 2 aromatic carbocycles. The van der Waals surface area contributed by atoms with Gasteiger partial charge in [0.25, 0.3) is 5.88 Å². The van der Waals surface area contributed by atoms with E-state index < -0.39 is 18.1 Å². The van der Waals surface area contributed by atoms with Crippen molar-refractivity contribution in [2.75, 3.05) is 26.7 Å². The summed E-state index contributed by atoms with van der Waals surface area (Å²) in [7, 11) is 1.97. The second-order valence-electron chi connectivity index (χ2n) is 14.7.